The third-order valence-corrected chi connectivity index (χ3v) is 7.46. The second-order valence-electron chi connectivity index (χ2n) is 7.89. The van der Waals surface area contributed by atoms with Crippen molar-refractivity contribution in [3.05, 3.63) is 105 Å². The zero-order valence-corrected chi connectivity index (χ0v) is 21.8. The molecule has 0 atom stereocenters. The number of ether oxygens (including phenoxy) is 1. The monoisotopic (exact) mass is 531 g/mol. The normalized spacial score (nSPS) is 15.7. The van der Waals surface area contributed by atoms with Crippen LogP contribution in [0.15, 0.2) is 94.1 Å². The van der Waals surface area contributed by atoms with Crippen molar-refractivity contribution in [2.45, 2.75) is 13.5 Å². The fraction of sp³-hybridized carbons (Fsp3) is 0.107. The number of hydrogen-bond donors (Lipinski definition) is 0. The summed E-state index contributed by atoms with van der Waals surface area (Å²) in [7, 11) is 0. The lowest BCUT2D eigenvalue weighted by molar-refractivity contribution is -0.122. The van der Waals surface area contributed by atoms with E-state index < -0.39 is 0 Å². The summed E-state index contributed by atoms with van der Waals surface area (Å²) in [6.07, 6.45) is 1.87. The van der Waals surface area contributed by atoms with Crippen LogP contribution in [0.5, 0.6) is 5.75 Å². The molecule has 1 saturated heterocycles. The molecule has 0 saturated carbocycles. The molecule has 4 aromatic rings. The van der Waals surface area contributed by atoms with Crippen molar-refractivity contribution in [1.82, 2.24) is 9.88 Å². The molecule has 36 heavy (non-hydrogen) atoms. The third kappa shape index (κ3) is 5.54. The Hall–Kier alpha value is -3.39. The number of thiazole rings is 1. The number of carbonyl (C=O) groups excluding carboxylic acids is 1. The van der Waals surface area contributed by atoms with Crippen molar-refractivity contribution in [3.8, 4) is 17.0 Å². The lowest BCUT2D eigenvalue weighted by Gasteiger charge is -2.11. The Bertz CT molecular complexity index is 1430. The maximum atomic E-state index is 13.2. The smallest absolute Gasteiger partial charge is 0.266 e. The Morgan fingerprint density at radius 2 is 1.78 bits per heavy atom. The minimum atomic E-state index is -0.0754. The van der Waals surface area contributed by atoms with Crippen LogP contribution < -0.4 is 4.74 Å². The van der Waals surface area contributed by atoms with Gasteiger partial charge in [-0.05, 0) is 48.5 Å². The summed E-state index contributed by atoms with van der Waals surface area (Å²) in [4.78, 5) is 24.8. The largest absolute Gasteiger partial charge is 0.488 e. The van der Waals surface area contributed by atoms with Crippen LogP contribution in [0.25, 0.3) is 17.3 Å². The Morgan fingerprint density at radius 3 is 2.56 bits per heavy atom. The molecule has 3 aromatic carbocycles. The van der Waals surface area contributed by atoms with Crippen molar-refractivity contribution in [3.63, 3.8) is 0 Å². The van der Waals surface area contributed by atoms with E-state index in [1.807, 2.05) is 97.2 Å². The lowest BCUT2D eigenvalue weighted by atomic mass is 10.1. The summed E-state index contributed by atoms with van der Waals surface area (Å²) in [5.41, 5.74) is 3.76. The maximum absolute atomic E-state index is 13.2. The first kappa shape index (κ1) is 24.3. The third-order valence-electron chi connectivity index (χ3n) is 5.47. The molecule has 180 valence electrons. The number of para-hydroxylation sites is 1. The molecule has 1 aliphatic heterocycles. The van der Waals surface area contributed by atoms with Crippen molar-refractivity contribution < 1.29 is 9.53 Å². The second-order valence-corrected chi connectivity index (χ2v) is 10.2. The van der Waals surface area contributed by atoms with E-state index in [9.17, 15) is 4.79 Å². The van der Waals surface area contributed by atoms with Crippen LogP contribution in [0.4, 0.5) is 5.13 Å². The fourth-order valence-corrected chi connectivity index (χ4v) is 5.54. The highest BCUT2D eigenvalue weighted by molar-refractivity contribution is 8.18. The van der Waals surface area contributed by atoms with Crippen LogP contribution in [0.2, 0.25) is 5.02 Å². The first-order valence-electron chi connectivity index (χ1n) is 11.4. The molecule has 0 aliphatic carbocycles. The summed E-state index contributed by atoms with van der Waals surface area (Å²) in [5.74, 6) is 0.628. The van der Waals surface area contributed by atoms with Gasteiger partial charge in [-0.3, -0.25) is 9.69 Å². The van der Waals surface area contributed by atoms with Gasteiger partial charge < -0.3 is 4.74 Å². The number of carbonyl (C=O) groups is 1. The number of likely N-dealkylation sites (N-methyl/N-ethyl adjacent to an activating group) is 1. The maximum Gasteiger partial charge on any atom is 0.266 e. The number of rotatable bonds is 7. The first-order chi connectivity index (χ1) is 17.6. The molecule has 5 nitrogen and oxygen atoms in total. The van der Waals surface area contributed by atoms with Crippen LogP contribution >= 0.6 is 34.7 Å². The van der Waals surface area contributed by atoms with Crippen LogP contribution in [0.1, 0.15) is 18.1 Å². The molecule has 0 bridgehead atoms. The zero-order chi connectivity index (χ0) is 24.9. The van der Waals surface area contributed by atoms with Crippen LogP contribution in [0, 0.1) is 0 Å². The van der Waals surface area contributed by atoms with Crippen LogP contribution in [-0.4, -0.2) is 27.5 Å². The van der Waals surface area contributed by atoms with Crippen molar-refractivity contribution in [1.29, 1.82) is 0 Å². The number of amides is 1. The number of benzene rings is 3. The Balaban J connectivity index is 1.37. The molecule has 0 unspecified atom stereocenters. The van der Waals surface area contributed by atoms with Gasteiger partial charge in [-0.25, -0.2) is 4.98 Å². The second kappa shape index (κ2) is 11.1. The van der Waals surface area contributed by atoms with E-state index in [1.165, 1.54) is 23.1 Å². The van der Waals surface area contributed by atoms with Gasteiger partial charge in [-0.2, -0.15) is 4.99 Å². The van der Waals surface area contributed by atoms with E-state index in [1.54, 1.807) is 4.90 Å². The summed E-state index contributed by atoms with van der Waals surface area (Å²) in [6.45, 7) is 2.87. The summed E-state index contributed by atoms with van der Waals surface area (Å²) >= 11 is 8.79. The molecular weight excluding hydrogens is 510 g/mol. The van der Waals surface area contributed by atoms with Gasteiger partial charge in [0, 0.05) is 28.1 Å². The first-order valence-corrected chi connectivity index (χ1v) is 13.5. The number of aromatic nitrogens is 1. The van der Waals surface area contributed by atoms with Gasteiger partial charge in [0.1, 0.15) is 12.4 Å². The molecule has 0 radical (unpaired) electrons. The average Bonchev–Trinajstić information content (AvgIpc) is 3.49. The number of thioether (sulfide) groups is 1. The molecule has 1 aliphatic rings. The van der Waals surface area contributed by atoms with Crippen molar-refractivity contribution in [2.75, 3.05) is 6.54 Å². The van der Waals surface area contributed by atoms with Gasteiger partial charge in [-0.15, -0.1) is 11.3 Å². The SMILES string of the molecule is CCN1C(=O)/C(=C/c2ccccc2OCc2ccc(Cl)cc2)S/C1=N/c1nc(-c2ccccc2)cs1. The number of halogens is 1. The average molecular weight is 532 g/mol. The highest BCUT2D eigenvalue weighted by atomic mass is 35.5. The zero-order valence-electron chi connectivity index (χ0n) is 19.4. The summed E-state index contributed by atoms with van der Waals surface area (Å²) < 4.78 is 6.07. The molecule has 1 fully saturated rings. The van der Waals surface area contributed by atoms with E-state index in [0.29, 0.717) is 39.1 Å². The molecule has 8 heteroatoms. The molecule has 0 N–H and O–H groups in total. The summed E-state index contributed by atoms with van der Waals surface area (Å²) in [5, 5.41) is 3.92. The molecular formula is C28H22ClN3O2S2. The Labute approximate surface area is 223 Å². The van der Waals surface area contributed by atoms with Gasteiger partial charge in [0.25, 0.3) is 5.91 Å². The van der Waals surface area contributed by atoms with Crippen LogP contribution in [-0.2, 0) is 11.4 Å². The molecule has 5 rings (SSSR count). The number of nitrogens with zero attached hydrogens (tertiary/aromatic N) is 3. The summed E-state index contributed by atoms with van der Waals surface area (Å²) in [6, 6.07) is 25.2. The van der Waals surface area contributed by atoms with Gasteiger partial charge in [0.05, 0.1) is 10.6 Å². The molecule has 1 amide bonds. The van der Waals surface area contributed by atoms with Crippen LogP contribution in [0.3, 0.4) is 0 Å². The quantitative estimate of drug-likeness (QED) is 0.230. The van der Waals surface area contributed by atoms with Gasteiger partial charge >= 0.3 is 0 Å². The van der Waals surface area contributed by atoms with E-state index in [4.69, 9.17) is 21.3 Å². The number of aliphatic imine (C=N–C) groups is 1. The minimum absolute atomic E-state index is 0.0754. The number of hydrogen-bond acceptors (Lipinski definition) is 6. The topological polar surface area (TPSA) is 54.8 Å². The highest BCUT2D eigenvalue weighted by Gasteiger charge is 2.32. The van der Waals surface area contributed by atoms with E-state index in [0.717, 1.165) is 22.4 Å². The predicted molar refractivity (Wildman–Crippen MR) is 150 cm³/mol. The van der Waals surface area contributed by atoms with Crippen molar-refractivity contribution in [2.24, 2.45) is 4.99 Å². The Kier molecular flexibility index (Phi) is 7.51. The Morgan fingerprint density at radius 1 is 1.03 bits per heavy atom. The predicted octanol–water partition coefficient (Wildman–Crippen LogP) is 7.67. The lowest BCUT2D eigenvalue weighted by Crippen LogP contribution is -2.28. The number of amidine groups is 1. The molecule has 2 heterocycles. The van der Waals surface area contributed by atoms with E-state index in [2.05, 4.69) is 4.98 Å². The van der Waals surface area contributed by atoms with Gasteiger partial charge in [0.2, 0.25) is 5.13 Å². The van der Waals surface area contributed by atoms with Crippen molar-refractivity contribution >= 4 is 57.0 Å². The standard InChI is InChI=1S/C28H22ClN3O2S2/c1-2-32-26(33)25(36-28(32)31-27-30-23(18-35-27)20-8-4-3-5-9-20)16-21-10-6-7-11-24(21)34-17-19-12-14-22(29)15-13-19/h3-16,18H,2,17H2,1H3/b25-16-,31-28+. The van der Waals surface area contributed by atoms with Gasteiger partial charge in [0.15, 0.2) is 5.17 Å². The molecule has 0 spiro atoms. The highest BCUT2D eigenvalue weighted by Crippen LogP contribution is 2.36. The fourth-order valence-electron chi connectivity index (χ4n) is 3.62. The van der Waals surface area contributed by atoms with E-state index >= 15 is 0 Å². The minimum Gasteiger partial charge on any atom is -0.488 e. The molecule has 1 aromatic heterocycles. The van der Waals surface area contributed by atoms with Gasteiger partial charge in [-0.1, -0.05) is 72.3 Å². The van der Waals surface area contributed by atoms with E-state index in [-0.39, 0.29) is 5.91 Å².